The van der Waals surface area contributed by atoms with Gasteiger partial charge in [-0.05, 0) is 63.4 Å². The molecule has 1 N–H and O–H groups in total. The molecule has 3 aromatic carbocycles. The van der Waals surface area contributed by atoms with Gasteiger partial charge in [0.1, 0.15) is 5.75 Å². The van der Waals surface area contributed by atoms with Crippen molar-refractivity contribution in [2.45, 2.75) is 39.7 Å². The van der Waals surface area contributed by atoms with Crippen molar-refractivity contribution in [3.8, 4) is 28.0 Å². The molecule has 33 heavy (non-hydrogen) atoms. The van der Waals surface area contributed by atoms with Crippen LogP contribution in [0.3, 0.4) is 0 Å². The molecule has 4 aromatic rings. The Bertz CT molecular complexity index is 1310. The lowest BCUT2D eigenvalue weighted by Crippen LogP contribution is -2.43. The standard InChI is InChI=1S/C29H29ClN2O/c1-18-5-4-6-21(12-18)24-15-25-28(16-27(24)30)32-17-26(22-13-19(2)11-20(3)14-22)29(25)33-10-8-23-7-9-31-23/h4-6,11-17,23,31H,7-10H2,1-3H3. The van der Waals surface area contributed by atoms with Gasteiger partial charge in [-0.15, -0.1) is 0 Å². The average molecular weight is 457 g/mol. The topological polar surface area (TPSA) is 34.1 Å². The number of nitrogens with one attached hydrogen (secondary N) is 1. The van der Waals surface area contributed by atoms with Crippen LogP contribution in [-0.4, -0.2) is 24.2 Å². The summed E-state index contributed by atoms with van der Waals surface area (Å²) in [4.78, 5) is 4.78. The van der Waals surface area contributed by atoms with E-state index in [0.717, 1.165) is 51.9 Å². The molecule has 5 rings (SSSR count). The van der Waals surface area contributed by atoms with Gasteiger partial charge in [0.25, 0.3) is 0 Å². The lowest BCUT2D eigenvalue weighted by molar-refractivity contribution is 0.255. The molecule has 1 saturated heterocycles. The highest BCUT2D eigenvalue weighted by Crippen LogP contribution is 2.41. The number of nitrogens with zero attached hydrogens (tertiary/aromatic N) is 1. The highest BCUT2D eigenvalue weighted by atomic mass is 35.5. The zero-order valence-corrected chi connectivity index (χ0v) is 20.2. The molecule has 1 aromatic heterocycles. The molecule has 0 amide bonds. The maximum Gasteiger partial charge on any atom is 0.138 e. The second kappa shape index (κ2) is 9.17. The fourth-order valence-corrected chi connectivity index (χ4v) is 4.88. The first kappa shape index (κ1) is 21.9. The van der Waals surface area contributed by atoms with Crippen LogP contribution < -0.4 is 10.1 Å². The number of fused-ring (bicyclic) bond motifs is 1. The van der Waals surface area contributed by atoms with E-state index in [9.17, 15) is 0 Å². The second-order valence-electron chi connectivity index (χ2n) is 9.17. The second-order valence-corrected chi connectivity index (χ2v) is 9.58. The summed E-state index contributed by atoms with van der Waals surface area (Å²) in [5.74, 6) is 0.884. The van der Waals surface area contributed by atoms with Crippen LogP contribution in [0.5, 0.6) is 5.75 Å². The Morgan fingerprint density at radius 3 is 2.39 bits per heavy atom. The summed E-state index contributed by atoms with van der Waals surface area (Å²) in [6, 6.07) is 19.7. The van der Waals surface area contributed by atoms with Crippen molar-refractivity contribution >= 4 is 22.5 Å². The van der Waals surface area contributed by atoms with Crippen LogP contribution in [0.2, 0.25) is 5.02 Å². The average Bonchev–Trinajstić information content (AvgIpc) is 2.74. The Morgan fingerprint density at radius 1 is 0.939 bits per heavy atom. The largest absolute Gasteiger partial charge is 0.492 e. The molecule has 1 aliphatic rings. The SMILES string of the molecule is Cc1cccc(-c2cc3c(OCCC4CCN4)c(-c4cc(C)cc(C)c4)cnc3cc2Cl)c1. The van der Waals surface area contributed by atoms with Crippen molar-refractivity contribution in [1.82, 2.24) is 10.3 Å². The van der Waals surface area contributed by atoms with E-state index >= 15 is 0 Å². The van der Waals surface area contributed by atoms with Gasteiger partial charge in [0.2, 0.25) is 0 Å². The molecule has 1 fully saturated rings. The van der Waals surface area contributed by atoms with Gasteiger partial charge in [-0.1, -0.05) is 70.8 Å². The zero-order valence-electron chi connectivity index (χ0n) is 19.4. The molecule has 0 radical (unpaired) electrons. The van der Waals surface area contributed by atoms with Crippen molar-refractivity contribution in [1.29, 1.82) is 0 Å². The number of ether oxygens (including phenoxy) is 1. The van der Waals surface area contributed by atoms with Crippen LogP contribution in [0.25, 0.3) is 33.2 Å². The van der Waals surface area contributed by atoms with Crippen LogP contribution >= 0.6 is 11.6 Å². The lowest BCUT2D eigenvalue weighted by atomic mass is 9.97. The molecule has 2 heterocycles. The first-order valence-electron chi connectivity index (χ1n) is 11.6. The Kier molecular flexibility index (Phi) is 6.09. The van der Waals surface area contributed by atoms with E-state index in [-0.39, 0.29) is 0 Å². The molecule has 3 nitrogen and oxygen atoms in total. The van der Waals surface area contributed by atoms with E-state index < -0.39 is 0 Å². The lowest BCUT2D eigenvalue weighted by Gasteiger charge is -2.27. The molecule has 1 unspecified atom stereocenters. The van der Waals surface area contributed by atoms with E-state index in [0.29, 0.717) is 17.7 Å². The molecule has 168 valence electrons. The van der Waals surface area contributed by atoms with E-state index in [1.54, 1.807) is 0 Å². The van der Waals surface area contributed by atoms with E-state index in [1.165, 1.54) is 23.1 Å². The summed E-state index contributed by atoms with van der Waals surface area (Å²) in [6.45, 7) is 8.12. The van der Waals surface area contributed by atoms with Crippen molar-refractivity contribution in [2.75, 3.05) is 13.2 Å². The first-order valence-corrected chi connectivity index (χ1v) is 12.0. The van der Waals surface area contributed by atoms with Crippen molar-refractivity contribution in [3.05, 3.63) is 82.5 Å². The summed E-state index contributed by atoms with van der Waals surface area (Å²) >= 11 is 6.72. The zero-order chi connectivity index (χ0) is 22.9. The van der Waals surface area contributed by atoms with E-state index in [1.807, 2.05) is 12.3 Å². The number of hydrogen-bond donors (Lipinski definition) is 1. The van der Waals surface area contributed by atoms with Gasteiger partial charge < -0.3 is 10.1 Å². The third kappa shape index (κ3) is 4.62. The predicted molar refractivity (Wildman–Crippen MR) is 138 cm³/mol. The van der Waals surface area contributed by atoms with Crippen molar-refractivity contribution in [3.63, 3.8) is 0 Å². The maximum atomic E-state index is 6.72. The van der Waals surface area contributed by atoms with E-state index in [4.69, 9.17) is 21.3 Å². The van der Waals surface area contributed by atoms with Crippen LogP contribution in [0, 0.1) is 20.8 Å². The number of pyridine rings is 1. The summed E-state index contributed by atoms with van der Waals surface area (Å²) in [5.41, 5.74) is 8.76. The number of benzene rings is 3. The summed E-state index contributed by atoms with van der Waals surface area (Å²) < 4.78 is 6.52. The Balaban J connectivity index is 1.66. The van der Waals surface area contributed by atoms with Crippen molar-refractivity contribution in [2.24, 2.45) is 0 Å². The number of hydrogen-bond acceptors (Lipinski definition) is 3. The molecular weight excluding hydrogens is 428 g/mol. The van der Waals surface area contributed by atoms with Gasteiger partial charge in [0.15, 0.2) is 0 Å². The fraction of sp³-hybridized carbons (Fsp3) is 0.276. The van der Waals surface area contributed by atoms with Gasteiger partial charge in [-0.2, -0.15) is 0 Å². The van der Waals surface area contributed by atoms with Crippen molar-refractivity contribution < 1.29 is 4.74 Å². The molecule has 0 spiro atoms. The minimum atomic E-state index is 0.556. The molecule has 0 bridgehead atoms. The molecule has 4 heteroatoms. The maximum absolute atomic E-state index is 6.72. The Hall–Kier alpha value is -2.88. The molecular formula is C29H29ClN2O. The predicted octanol–water partition coefficient (Wildman–Crippen LogP) is 7.28. The number of aromatic nitrogens is 1. The normalized spacial score (nSPS) is 15.5. The highest BCUT2D eigenvalue weighted by molar-refractivity contribution is 6.34. The molecule has 1 atom stereocenters. The smallest absolute Gasteiger partial charge is 0.138 e. The minimum absolute atomic E-state index is 0.556. The molecule has 0 saturated carbocycles. The van der Waals surface area contributed by atoms with Gasteiger partial charge in [-0.25, -0.2) is 0 Å². The van der Waals surface area contributed by atoms with Gasteiger partial charge in [0, 0.05) is 28.8 Å². The van der Waals surface area contributed by atoms with Crippen LogP contribution in [-0.2, 0) is 0 Å². The van der Waals surface area contributed by atoms with Crippen LogP contribution in [0.4, 0.5) is 0 Å². The minimum Gasteiger partial charge on any atom is -0.492 e. The van der Waals surface area contributed by atoms with Gasteiger partial charge in [0.05, 0.1) is 17.1 Å². The molecule has 0 aliphatic carbocycles. The highest BCUT2D eigenvalue weighted by Gasteiger charge is 2.19. The van der Waals surface area contributed by atoms with Crippen LogP contribution in [0.15, 0.2) is 60.8 Å². The van der Waals surface area contributed by atoms with Gasteiger partial charge in [-0.3, -0.25) is 4.98 Å². The monoisotopic (exact) mass is 456 g/mol. The third-order valence-corrected chi connectivity index (χ3v) is 6.72. The first-order chi connectivity index (χ1) is 16.0. The third-order valence-electron chi connectivity index (χ3n) is 6.41. The van der Waals surface area contributed by atoms with Gasteiger partial charge >= 0.3 is 0 Å². The molecule has 1 aliphatic heterocycles. The Morgan fingerprint density at radius 2 is 1.70 bits per heavy atom. The quantitative estimate of drug-likeness (QED) is 0.331. The summed E-state index contributed by atoms with van der Waals surface area (Å²) in [6.07, 6.45) is 4.14. The number of rotatable bonds is 6. The summed E-state index contributed by atoms with van der Waals surface area (Å²) in [5, 5.41) is 5.16. The van der Waals surface area contributed by atoms with E-state index in [2.05, 4.69) is 74.6 Å². The summed E-state index contributed by atoms with van der Waals surface area (Å²) in [7, 11) is 0. The Labute approximate surface area is 200 Å². The fourth-order valence-electron chi connectivity index (χ4n) is 4.61. The van der Waals surface area contributed by atoms with Crippen LogP contribution in [0.1, 0.15) is 29.5 Å². The number of halogens is 1. The number of aryl methyl sites for hydroxylation is 3.